The number of hydrogen-bond donors (Lipinski definition) is 2. The summed E-state index contributed by atoms with van der Waals surface area (Å²) in [5.41, 5.74) is 3.36. The Bertz CT molecular complexity index is 221. The first-order valence-corrected chi connectivity index (χ1v) is 4.31. The molecule has 3 heteroatoms. The molecule has 66 valence electrons. The van der Waals surface area contributed by atoms with Crippen molar-refractivity contribution >= 4 is 17.2 Å². The minimum Gasteiger partial charge on any atom is -0.314 e. The van der Waals surface area contributed by atoms with Crippen molar-refractivity contribution < 1.29 is 0 Å². The van der Waals surface area contributed by atoms with E-state index >= 15 is 0 Å². The van der Waals surface area contributed by atoms with E-state index in [2.05, 4.69) is 5.43 Å². The molecule has 0 atom stereocenters. The van der Waals surface area contributed by atoms with Gasteiger partial charge >= 0.3 is 0 Å². The molecule has 0 aliphatic rings. The van der Waals surface area contributed by atoms with Crippen molar-refractivity contribution in [3.63, 3.8) is 0 Å². The Labute approximate surface area is 78.8 Å². The van der Waals surface area contributed by atoms with Crippen LogP contribution < -0.4 is 11.3 Å². The van der Waals surface area contributed by atoms with E-state index in [1.807, 2.05) is 44.2 Å². The predicted octanol–water partition coefficient (Wildman–Crippen LogP) is 1.85. The van der Waals surface area contributed by atoms with Crippen LogP contribution in [0.25, 0.3) is 0 Å². The van der Waals surface area contributed by atoms with Crippen LogP contribution in [-0.2, 0) is 0 Å². The molecule has 2 nitrogen and oxygen atoms in total. The van der Waals surface area contributed by atoms with Gasteiger partial charge in [-0.1, -0.05) is 56.4 Å². The highest BCUT2D eigenvalue weighted by Gasteiger charge is 1.93. The highest BCUT2D eigenvalue weighted by Crippen LogP contribution is 1.97. The quantitative estimate of drug-likeness (QED) is 0.395. The Morgan fingerprint density at radius 1 is 1.25 bits per heavy atom. The zero-order chi connectivity index (χ0) is 9.40. The van der Waals surface area contributed by atoms with Gasteiger partial charge in [-0.15, -0.1) is 0 Å². The van der Waals surface area contributed by atoms with Crippen LogP contribution in [0.2, 0.25) is 0 Å². The summed E-state index contributed by atoms with van der Waals surface area (Å²) >= 11 is 4.89. The van der Waals surface area contributed by atoms with Crippen LogP contribution in [0.3, 0.4) is 0 Å². The van der Waals surface area contributed by atoms with Crippen LogP contribution in [0, 0.1) is 0 Å². The van der Waals surface area contributed by atoms with Crippen LogP contribution in [-0.4, -0.2) is 4.99 Å². The zero-order valence-electron chi connectivity index (χ0n) is 7.37. The molecule has 0 saturated heterocycles. The third-order valence-corrected chi connectivity index (χ3v) is 1.52. The van der Waals surface area contributed by atoms with Crippen molar-refractivity contribution in [1.29, 1.82) is 0 Å². The molecule has 0 heterocycles. The summed E-state index contributed by atoms with van der Waals surface area (Å²) in [4.78, 5) is 0.570. The topological polar surface area (TPSA) is 38.0 Å². The van der Waals surface area contributed by atoms with Gasteiger partial charge < -0.3 is 5.43 Å². The lowest BCUT2D eigenvalue weighted by Gasteiger charge is -1.99. The molecule has 0 aliphatic carbocycles. The first-order valence-electron chi connectivity index (χ1n) is 3.90. The summed E-state index contributed by atoms with van der Waals surface area (Å²) < 4.78 is 0. The predicted molar refractivity (Wildman–Crippen MR) is 56.8 cm³/mol. The number of benzene rings is 1. The first-order chi connectivity index (χ1) is 5.84. The lowest BCUT2D eigenvalue weighted by Crippen LogP contribution is -2.28. The van der Waals surface area contributed by atoms with Crippen molar-refractivity contribution in [2.45, 2.75) is 13.8 Å². The van der Waals surface area contributed by atoms with Crippen LogP contribution >= 0.6 is 12.2 Å². The van der Waals surface area contributed by atoms with E-state index in [0.717, 1.165) is 5.56 Å². The molecule has 1 aromatic rings. The van der Waals surface area contributed by atoms with E-state index in [4.69, 9.17) is 18.1 Å². The van der Waals surface area contributed by atoms with E-state index in [9.17, 15) is 0 Å². The van der Waals surface area contributed by atoms with E-state index in [1.165, 1.54) is 0 Å². The average molecular weight is 182 g/mol. The second-order valence-electron chi connectivity index (χ2n) is 1.84. The lowest BCUT2D eigenvalue weighted by molar-refractivity contribution is 1.05. The molecule has 0 fully saturated rings. The molecule has 1 rings (SSSR count). The molecule has 1 aromatic carbocycles. The average Bonchev–Trinajstić information content (AvgIpc) is 2.21. The maximum absolute atomic E-state index is 5.11. The van der Waals surface area contributed by atoms with Crippen molar-refractivity contribution in [3.8, 4) is 0 Å². The fourth-order valence-electron chi connectivity index (χ4n) is 0.673. The molecule has 0 amide bonds. The van der Waals surface area contributed by atoms with Gasteiger partial charge in [-0.05, 0) is 0 Å². The Balaban J connectivity index is 0.000000561. The maximum Gasteiger partial charge on any atom is 0.120 e. The summed E-state index contributed by atoms with van der Waals surface area (Å²) in [6.07, 6.45) is 0. The number of thiocarbonyl (C=S) groups is 1. The van der Waals surface area contributed by atoms with Gasteiger partial charge in [0.25, 0.3) is 0 Å². The molecule has 0 saturated carbocycles. The van der Waals surface area contributed by atoms with Gasteiger partial charge in [0, 0.05) is 5.56 Å². The van der Waals surface area contributed by atoms with Gasteiger partial charge in [-0.2, -0.15) is 0 Å². The normalized spacial score (nSPS) is 7.92. The van der Waals surface area contributed by atoms with Crippen molar-refractivity contribution in [3.05, 3.63) is 35.9 Å². The molecule has 0 aliphatic heterocycles. The molecule has 0 bridgehead atoms. The van der Waals surface area contributed by atoms with Gasteiger partial charge in [0.1, 0.15) is 4.99 Å². The molecule has 0 radical (unpaired) electrons. The molecule has 3 N–H and O–H groups in total. The lowest BCUT2D eigenvalue weighted by atomic mass is 10.2. The second-order valence-corrected chi connectivity index (χ2v) is 2.25. The summed E-state index contributed by atoms with van der Waals surface area (Å²) in [5.74, 6) is 5.11. The fraction of sp³-hybridized carbons (Fsp3) is 0.222. The number of hydrogen-bond acceptors (Lipinski definition) is 2. The number of nitrogens with two attached hydrogens (primary N) is 1. The SMILES string of the molecule is CC.NNC(=S)c1ccccc1. The van der Waals surface area contributed by atoms with E-state index in [1.54, 1.807) is 0 Å². The molecule has 0 spiro atoms. The third kappa shape index (κ3) is 3.46. The highest BCUT2D eigenvalue weighted by atomic mass is 32.1. The van der Waals surface area contributed by atoms with E-state index < -0.39 is 0 Å². The van der Waals surface area contributed by atoms with Gasteiger partial charge in [-0.25, -0.2) is 5.84 Å². The Morgan fingerprint density at radius 3 is 2.17 bits per heavy atom. The van der Waals surface area contributed by atoms with Gasteiger partial charge in [0.15, 0.2) is 0 Å². The van der Waals surface area contributed by atoms with Gasteiger partial charge in [0.2, 0.25) is 0 Å². The number of nitrogens with one attached hydrogen (secondary N) is 1. The standard InChI is InChI=1S/C7H8N2S.C2H6/c8-9-7(10)6-4-2-1-3-5-6;1-2/h1-5H,8H2,(H,9,10);1-2H3. The van der Waals surface area contributed by atoms with Crippen molar-refractivity contribution in [2.24, 2.45) is 5.84 Å². The maximum atomic E-state index is 5.11. The Kier molecular flexibility index (Phi) is 6.24. The smallest absolute Gasteiger partial charge is 0.120 e. The summed E-state index contributed by atoms with van der Waals surface area (Å²) in [5, 5.41) is 0. The summed E-state index contributed by atoms with van der Waals surface area (Å²) in [6, 6.07) is 9.57. The van der Waals surface area contributed by atoms with Crippen LogP contribution in [0.4, 0.5) is 0 Å². The highest BCUT2D eigenvalue weighted by molar-refractivity contribution is 7.80. The molecule has 0 unspecified atom stereocenters. The molecular formula is C9H14N2S. The molecule has 0 aromatic heterocycles. The van der Waals surface area contributed by atoms with Crippen LogP contribution in [0.15, 0.2) is 30.3 Å². The second kappa shape index (κ2) is 6.76. The number of hydrazine groups is 1. The third-order valence-electron chi connectivity index (χ3n) is 1.17. The molecular weight excluding hydrogens is 168 g/mol. The largest absolute Gasteiger partial charge is 0.314 e. The van der Waals surface area contributed by atoms with Crippen LogP contribution in [0.5, 0.6) is 0 Å². The van der Waals surface area contributed by atoms with Crippen LogP contribution in [0.1, 0.15) is 19.4 Å². The van der Waals surface area contributed by atoms with Crippen molar-refractivity contribution in [2.75, 3.05) is 0 Å². The summed E-state index contributed by atoms with van der Waals surface area (Å²) in [6.45, 7) is 4.00. The summed E-state index contributed by atoms with van der Waals surface area (Å²) in [7, 11) is 0. The van der Waals surface area contributed by atoms with Gasteiger partial charge in [0.05, 0.1) is 0 Å². The molecule has 12 heavy (non-hydrogen) atoms. The first kappa shape index (κ1) is 11.1. The Hall–Kier alpha value is -0.930. The monoisotopic (exact) mass is 182 g/mol. The van der Waals surface area contributed by atoms with Crippen molar-refractivity contribution in [1.82, 2.24) is 5.43 Å². The van der Waals surface area contributed by atoms with E-state index in [0.29, 0.717) is 4.99 Å². The van der Waals surface area contributed by atoms with E-state index in [-0.39, 0.29) is 0 Å². The van der Waals surface area contributed by atoms with Gasteiger partial charge in [-0.3, -0.25) is 0 Å². The zero-order valence-corrected chi connectivity index (χ0v) is 8.19. The number of rotatable bonds is 1. The fourth-order valence-corrected chi connectivity index (χ4v) is 0.809. The Morgan fingerprint density at radius 2 is 1.75 bits per heavy atom. The minimum absolute atomic E-state index is 0.570. The minimum atomic E-state index is 0.570.